The van der Waals surface area contributed by atoms with E-state index >= 15 is 0 Å². The van der Waals surface area contributed by atoms with Gasteiger partial charge in [0, 0.05) is 34.7 Å². The van der Waals surface area contributed by atoms with E-state index < -0.39 is 6.10 Å². The number of para-hydroxylation sites is 1. The molecule has 1 aliphatic carbocycles. The molecule has 40 heavy (non-hydrogen) atoms. The average Bonchev–Trinajstić information content (AvgIpc) is 2.98. The summed E-state index contributed by atoms with van der Waals surface area (Å²) in [5.74, 6) is -0.553. The van der Waals surface area contributed by atoms with Gasteiger partial charge in [0.2, 0.25) is 0 Å². The van der Waals surface area contributed by atoms with Crippen LogP contribution in [0, 0.1) is 0 Å². The predicted molar refractivity (Wildman–Crippen MR) is 161 cm³/mol. The van der Waals surface area contributed by atoms with Gasteiger partial charge in [-0.05, 0) is 52.2 Å². The second-order valence-electron chi connectivity index (χ2n) is 9.59. The highest BCUT2D eigenvalue weighted by atomic mass is 16.3. The molecule has 1 unspecified atom stereocenters. The predicted octanol–water partition coefficient (Wildman–Crippen LogP) is 7.66. The summed E-state index contributed by atoms with van der Waals surface area (Å²) < 4.78 is 0. The van der Waals surface area contributed by atoms with Crippen molar-refractivity contribution in [2.24, 2.45) is 9.98 Å². The fourth-order valence-corrected chi connectivity index (χ4v) is 5.01. The van der Waals surface area contributed by atoms with Crippen molar-refractivity contribution in [2.45, 2.75) is 12.5 Å². The quantitative estimate of drug-likeness (QED) is 0.139. The van der Waals surface area contributed by atoms with Crippen LogP contribution < -0.4 is 0 Å². The number of nitrogens with zero attached hydrogens (tertiary/aromatic N) is 2. The van der Waals surface area contributed by atoms with Crippen molar-refractivity contribution in [2.75, 3.05) is 0 Å². The van der Waals surface area contributed by atoms with Gasteiger partial charge in [-0.25, -0.2) is 0 Å². The molecule has 0 aromatic heterocycles. The van der Waals surface area contributed by atoms with Crippen LogP contribution in [0.15, 0.2) is 124 Å². The second kappa shape index (κ2) is 10.5. The number of phenolic OH excluding ortho intramolecular Hbond substituents is 2. The van der Waals surface area contributed by atoms with E-state index in [0.717, 1.165) is 32.7 Å². The normalized spacial score (nSPS) is 15.7. The van der Waals surface area contributed by atoms with Gasteiger partial charge >= 0.3 is 0 Å². The zero-order chi connectivity index (χ0) is 27.6. The lowest BCUT2D eigenvalue weighted by Crippen LogP contribution is -2.14. The molecule has 0 saturated carbocycles. The highest BCUT2D eigenvalue weighted by Gasteiger charge is 2.18. The monoisotopic (exact) mass is 526 g/mol. The lowest BCUT2D eigenvalue weighted by Gasteiger charge is -2.16. The van der Waals surface area contributed by atoms with Crippen LogP contribution in [0.5, 0.6) is 11.5 Å². The lowest BCUT2D eigenvalue weighted by atomic mass is 9.91. The Balaban J connectivity index is 1.61. The first-order valence-electron chi connectivity index (χ1n) is 12.9. The molecule has 0 spiro atoms. The van der Waals surface area contributed by atoms with Crippen LogP contribution in [0.2, 0.25) is 0 Å². The summed E-state index contributed by atoms with van der Waals surface area (Å²) in [6, 6.07) is 28.7. The Kier molecular flexibility index (Phi) is 6.60. The number of hydrogen-bond acceptors (Lipinski definition) is 6. The molecule has 0 amide bonds. The molecule has 4 N–H and O–H groups in total. The Labute approximate surface area is 230 Å². The maximum absolute atomic E-state index is 10.4. The summed E-state index contributed by atoms with van der Waals surface area (Å²) in [6.45, 7) is 0. The first kappa shape index (κ1) is 25.1. The fourth-order valence-electron chi connectivity index (χ4n) is 5.01. The van der Waals surface area contributed by atoms with Crippen LogP contribution in [0.1, 0.15) is 12.0 Å². The third-order valence-electron chi connectivity index (χ3n) is 7.06. The number of benzene rings is 5. The Hall–Kier alpha value is -5.20. The zero-order valence-electron chi connectivity index (χ0n) is 21.4. The van der Waals surface area contributed by atoms with E-state index in [4.69, 9.17) is 9.98 Å². The van der Waals surface area contributed by atoms with E-state index in [1.807, 2.05) is 72.8 Å². The van der Waals surface area contributed by atoms with E-state index in [1.54, 1.807) is 30.5 Å². The summed E-state index contributed by atoms with van der Waals surface area (Å²) in [5, 5.41) is 44.8. The van der Waals surface area contributed by atoms with Gasteiger partial charge in [-0.1, -0.05) is 78.9 Å². The van der Waals surface area contributed by atoms with Crippen molar-refractivity contribution in [3.05, 3.63) is 120 Å². The Morgan fingerprint density at radius 2 is 1.25 bits per heavy atom. The Morgan fingerprint density at radius 3 is 1.90 bits per heavy atom. The molecular formula is C34H26N2O4. The smallest absolute Gasteiger partial charge is 0.166 e. The number of fused-ring (bicyclic) bond motifs is 2. The van der Waals surface area contributed by atoms with E-state index in [2.05, 4.69) is 0 Å². The third kappa shape index (κ3) is 4.61. The summed E-state index contributed by atoms with van der Waals surface area (Å²) in [5.41, 5.74) is 3.88. The first-order chi connectivity index (χ1) is 19.5. The molecule has 1 atom stereocenters. The van der Waals surface area contributed by atoms with Crippen LogP contribution in [0.25, 0.3) is 32.7 Å². The van der Waals surface area contributed by atoms with Gasteiger partial charge in [-0.2, -0.15) is 0 Å². The van der Waals surface area contributed by atoms with Gasteiger partial charge in [-0.15, -0.1) is 0 Å². The average molecular weight is 527 g/mol. The fraction of sp³-hybridized carbons (Fsp3) is 0.0588. The number of aliphatic imine (C=N–C) groups is 2. The molecule has 6 nitrogen and oxygen atoms in total. The van der Waals surface area contributed by atoms with Gasteiger partial charge in [-0.3, -0.25) is 9.98 Å². The molecule has 0 heterocycles. The van der Waals surface area contributed by atoms with Crippen molar-refractivity contribution in [3.63, 3.8) is 0 Å². The van der Waals surface area contributed by atoms with E-state index in [0.29, 0.717) is 28.9 Å². The SMILES string of the molecule is OC1=C(C=Nc2ccc3ccccc3c2-c2c(N=Cc3cccc(O)c3O)ccc3ccccc23)C=CCC1O. The van der Waals surface area contributed by atoms with Crippen molar-refractivity contribution >= 4 is 45.3 Å². The Morgan fingerprint density at radius 1 is 0.650 bits per heavy atom. The van der Waals surface area contributed by atoms with Gasteiger partial charge in [0.15, 0.2) is 11.5 Å². The number of aliphatic hydroxyl groups is 2. The molecule has 0 fully saturated rings. The van der Waals surface area contributed by atoms with Crippen LogP contribution in [0.4, 0.5) is 11.4 Å². The van der Waals surface area contributed by atoms with Gasteiger partial charge in [0.05, 0.1) is 11.4 Å². The number of rotatable bonds is 5. The van der Waals surface area contributed by atoms with Crippen LogP contribution in [-0.2, 0) is 0 Å². The molecular weight excluding hydrogens is 500 g/mol. The molecule has 6 rings (SSSR count). The van der Waals surface area contributed by atoms with Crippen LogP contribution >= 0.6 is 0 Å². The van der Waals surface area contributed by atoms with Gasteiger partial charge in [0.25, 0.3) is 0 Å². The highest BCUT2D eigenvalue weighted by Crippen LogP contribution is 2.45. The lowest BCUT2D eigenvalue weighted by molar-refractivity contribution is 0.153. The third-order valence-corrected chi connectivity index (χ3v) is 7.06. The maximum Gasteiger partial charge on any atom is 0.166 e. The van der Waals surface area contributed by atoms with E-state index in [-0.39, 0.29) is 17.3 Å². The second-order valence-corrected chi connectivity index (χ2v) is 9.59. The summed E-state index contributed by atoms with van der Waals surface area (Å²) in [7, 11) is 0. The number of phenols is 2. The largest absolute Gasteiger partial charge is 0.509 e. The van der Waals surface area contributed by atoms with Crippen molar-refractivity contribution in [3.8, 4) is 22.6 Å². The van der Waals surface area contributed by atoms with Crippen molar-refractivity contribution in [1.29, 1.82) is 0 Å². The van der Waals surface area contributed by atoms with E-state index in [9.17, 15) is 20.4 Å². The Bertz CT molecular complexity index is 1880. The summed E-state index contributed by atoms with van der Waals surface area (Å²) in [6.07, 6.45) is 6.07. The number of aliphatic hydroxyl groups excluding tert-OH is 2. The minimum Gasteiger partial charge on any atom is -0.509 e. The minimum absolute atomic E-state index is 0.102. The molecule has 0 saturated heterocycles. The highest BCUT2D eigenvalue weighted by molar-refractivity contribution is 6.13. The number of aromatic hydroxyl groups is 2. The van der Waals surface area contributed by atoms with Crippen LogP contribution in [0.3, 0.4) is 0 Å². The molecule has 5 aromatic carbocycles. The molecule has 196 valence electrons. The summed E-state index contributed by atoms with van der Waals surface area (Å²) >= 11 is 0. The molecule has 1 aliphatic rings. The maximum atomic E-state index is 10.4. The minimum atomic E-state index is -0.949. The van der Waals surface area contributed by atoms with E-state index in [1.165, 1.54) is 12.3 Å². The molecule has 0 aliphatic heterocycles. The summed E-state index contributed by atoms with van der Waals surface area (Å²) in [4.78, 5) is 9.59. The molecule has 5 aromatic rings. The van der Waals surface area contributed by atoms with Gasteiger partial charge in [0.1, 0.15) is 11.9 Å². The first-order valence-corrected chi connectivity index (χ1v) is 12.9. The molecule has 0 radical (unpaired) electrons. The molecule has 6 heteroatoms. The van der Waals surface area contributed by atoms with Gasteiger partial charge < -0.3 is 20.4 Å². The van der Waals surface area contributed by atoms with Crippen LogP contribution in [-0.4, -0.2) is 39.0 Å². The number of allylic oxidation sites excluding steroid dienone is 2. The standard InChI is InChI=1S/C34H26N2O4/c37-29-13-5-9-23(33(29)39)19-35-27-17-15-21-7-1-3-11-25(21)31(27)32-26-12-4-2-8-22(26)16-18-28(32)36-20-24-10-6-14-30(38)34(24)40/h1-13,15-20,30,37-40H,14H2. The zero-order valence-corrected chi connectivity index (χ0v) is 21.4. The molecule has 0 bridgehead atoms. The topological polar surface area (TPSA) is 106 Å². The van der Waals surface area contributed by atoms with Crippen molar-refractivity contribution in [1.82, 2.24) is 0 Å². The van der Waals surface area contributed by atoms with Crippen molar-refractivity contribution < 1.29 is 20.4 Å². The number of hydrogen-bond donors (Lipinski definition) is 4.